The Hall–Kier alpha value is -2.71. The van der Waals surface area contributed by atoms with Gasteiger partial charge in [0.2, 0.25) is 5.91 Å². The van der Waals surface area contributed by atoms with Gasteiger partial charge in [0.1, 0.15) is 6.54 Å². The highest BCUT2D eigenvalue weighted by molar-refractivity contribution is 5.97. The average molecular weight is 346 g/mol. The van der Waals surface area contributed by atoms with Gasteiger partial charge in [0.15, 0.2) is 6.61 Å². The molecule has 1 aliphatic carbocycles. The zero-order valence-electron chi connectivity index (χ0n) is 13.6. The summed E-state index contributed by atoms with van der Waals surface area (Å²) in [6.45, 7) is 0.921. The summed E-state index contributed by atoms with van der Waals surface area (Å²) in [5.41, 5.74) is 0.590. The number of nitrogens with zero attached hydrogens (tertiary/aromatic N) is 4. The van der Waals surface area contributed by atoms with E-state index in [4.69, 9.17) is 0 Å². The molecule has 1 aromatic heterocycles. The Bertz CT molecular complexity index is 778. The lowest BCUT2D eigenvalue weighted by Gasteiger charge is -2.40. The minimum absolute atomic E-state index is 0.0469. The summed E-state index contributed by atoms with van der Waals surface area (Å²) in [4.78, 5) is 54.1. The van der Waals surface area contributed by atoms with Gasteiger partial charge in [-0.1, -0.05) is 0 Å². The number of likely N-dealkylation sites (tertiary alicyclic amines) is 1. The maximum absolute atomic E-state index is 12.3. The van der Waals surface area contributed by atoms with E-state index in [9.17, 15) is 19.2 Å². The highest BCUT2D eigenvalue weighted by Gasteiger charge is 2.38. The zero-order chi connectivity index (χ0) is 17.6. The van der Waals surface area contributed by atoms with Crippen LogP contribution in [-0.4, -0.2) is 63.5 Å². The Morgan fingerprint density at radius 2 is 2.00 bits per heavy atom. The first kappa shape index (κ1) is 15.8. The first-order valence-corrected chi connectivity index (χ1v) is 8.32. The summed E-state index contributed by atoms with van der Waals surface area (Å²) in [6.07, 6.45) is 2.95. The van der Waals surface area contributed by atoms with Crippen molar-refractivity contribution in [1.29, 1.82) is 0 Å². The highest BCUT2D eigenvalue weighted by atomic mass is 16.6. The van der Waals surface area contributed by atoms with Crippen LogP contribution in [0.1, 0.15) is 24.5 Å². The number of rotatable bonds is 5. The van der Waals surface area contributed by atoms with Gasteiger partial charge in [-0.15, -0.1) is 0 Å². The van der Waals surface area contributed by atoms with Crippen molar-refractivity contribution in [3.05, 3.63) is 28.4 Å². The number of amides is 3. The van der Waals surface area contributed by atoms with E-state index in [1.54, 1.807) is 4.90 Å². The Morgan fingerprint density at radius 3 is 2.60 bits per heavy atom. The van der Waals surface area contributed by atoms with Crippen molar-refractivity contribution in [3.63, 3.8) is 0 Å². The van der Waals surface area contributed by atoms with E-state index in [-0.39, 0.29) is 43.0 Å². The number of cyclic esters (lactones) is 1. The molecule has 0 radical (unpaired) electrons. The molecule has 0 aromatic carbocycles. The van der Waals surface area contributed by atoms with Gasteiger partial charge < -0.3 is 9.64 Å². The van der Waals surface area contributed by atoms with E-state index in [2.05, 4.69) is 9.72 Å². The molecule has 1 saturated carbocycles. The van der Waals surface area contributed by atoms with Gasteiger partial charge in [0.05, 0.1) is 12.0 Å². The van der Waals surface area contributed by atoms with Crippen LogP contribution in [0.15, 0.2) is 17.2 Å². The van der Waals surface area contributed by atoms with Crippen LogP contribution in [0.25, 0.3) is 0 Å². The van der Waals surface area contributed by atoms with Crippen LogP contribution < -0.4 is 5.56 Å². The summed E-state index contributed by atoms with van der Waals surface area (Å²) < 4.78 is 5.96. The number of carbonyl (C=O) groups is 3. The van der Waals surface area contributed by atoms with Crippen LogP contribution in [0, 0.1) is 5.92 Å². The summed E-state index contributed by atoms with van der Waals surface area (Å²) in [5.74, 6) is -0.0716. The molecule has 3 heterocycles. The van der Waals surface area contributed by atoms with Gasteiger partial charge in [0.25, 0.3) is 11.5 Å². The topological polar surface area (TPSA) is 102 Å². The van der Waals surface area contributed by atoms with E-state index in [1.165, 1.54) is 17.0 Å². The molecule has 1 aromatic rings. The Balaban J connectivity index is 1.29. The maximum Gasteiger partial charge on any atom is 0.417 e. The number of carbonyl (C=O) groups excluding carboxylic acids is 3. The fourth-order valence-electron chi connectivity index (χ4n) is 3.11. The molecular formula is C16H18N4O5. The minimum Gasteiger partial charge on any atom is -0.439 e. The first-order chi connectivity index (χ1) is 12.0. The molecule has 25 heavy (non-hydrogen) atoms. The third kappa shape index (κ3) is 3.13. The van der Waals surface area contributed by atoms with Crippen molar-refractivity contribution in [2.45, 2.75) is 25.3 Å². The summed E-state index contributed by atoms with van der Waals surface area (Å²) in [7, 11) is 0. The van der Waals surface area contributed by atoms with Gasteiger partial charge in [-0.2, -0.15) is 0 Å². The lowest BCUT2D eigenvalue weighted by molar-refractivity contribution is -0.139. The predicted octanol–water partition coefficient (Wildman–Crippen LogP) is -0.442. The van der Waals surface area contributed by atoms with Gasteiger partial charge in [-0.25, -0.2) is 14.7 Å². The van der Waals surface area contributed by atoms with Gasteiger partial charge >= 0.3 is 6.09 Å². The minimum atomic E-state index is -0.622. The zero-order valence-corrected chi connectivity index (χ0v) is 13.6. The van der Waals surface area contributed by atoms with Crippen molar-refractivity contribution < 1.29 is 19.1 Å². The molecule has 132 valence electrons. The number of hydrogen-bond acceptors (Lipinski definition) is 6. The molecule has 3 aliphatic rings. The molecule has 0 N–H and O–H groups in total. The van der Waals surface area contributed by atoms with Gasteiger partial charge in [-0.05, 0) is 12.8 Å². The SMILES string of the molecule is O=C(Cn1cnc(C2CC2)cc1=O)N1CC(CN2C(=O)COC2=O)C1. The van der Waals surface area contributed by atoms with E-state index in [1.807, 2.05) is 0 Å². The second-order valence-corrected chi connectivity index (χ2v) is 6.78. The van der Waals surface area contributed by atoms with Gasteiger partial charge in [-0.3, -0.25) is 19.0 Å². The maximum atomic E-state index is 12.3. The van der Waals surface area contributed by atoms with E-state index < -0.39 is 6.09 Å². The largest absolute Gasteiger partial charge is 0.439 e. The Kier molecular flexibility index (Phi) is 3.78. The second-order valence-electron chi connectivity index (χ2n) is 6.78. The lowest BCUT2D eigenvalue weighted by Crippen LogP contribution is -2.55. The van der Waals surface area contributed by atoms with Gasteiger partial charge in [0, 0.05) is 37.5 Å². The molecule has 9 nitrogen and oxygen atoms in total. The third-order valence-corrected chi connectivity index (χ3v) is 4.79. The third-order valence-electron chi connectivity index (χ3n) is 4.79. The predicted molar refractivity (Wildman–Crippen MR) is 83.6 cm³/mol. The standard InChI is InChI=1S/C16H18N4O5/c21-13-3-12(11-1-2-11)17-9-19(13)7-14(22)18-4-10(5-18)6-20-15(23)8-25-16(20)24/h3,9-11H,1-2,4-8H2. The summed E-state index contributed by atoms with van der Waals surface area (Å²) >= 11 is 0. The molecule has 2 aliphatic heterocycles. The quantitative estimate of drug-likeness (QED) is 0.716. The fraction of sp³-hybridized carbons (Fsp3) is 0.562. The van der Waals surface area contributed by atoms with Crippen LogP contribution in [0.5, 0.6) is 0 Å². The Labute approximate surface area is 143 Å². The van der Waals surface area contributed by atoms with Crippen molar-refractivity contribution in [3.8, 4) is 0 Å². The first-order valence-electron chi connectivity index (χ1n) is 8.32. The van der Waals surface area contributed by atoms with Crippen molar-refractivity contribution in [1.82, 2.24) is 19.4 Å². The summed E-state index contributed by atoms with van der Waals surface area (Å²) in [6, 6.07) is 1.51. The molecule has 0 spiro atoms. The highest BCUT2D eigenvalue weighted by Crippen LogP contribution is 2.38. The van der Waals surface area contributed by atoms with Crippen molar-refractivity contribution in [2.75, 3.05) is 26.2 Å². The molecule has 3 amide bonds. The van der Waals surface area contributed by atoms with E-state index >= 15 is 0 Å². The van der Waals surface area contributed by atoms with Crippen LogP contribution in [0.3, 0.4) is 0 Å². The number of ether oxygens (including phenoxy) is 1. The molecular weight excluding hydrogens is 328 g/mol. The number of hydrogen-bond donors (Lipinski definition) is 0. The monoisotopic (exact) mass is 346 g/mol. The molecule has 0 unspecified atom stereocenters. The summed E-state index contributed by atoms with van der Waals surface area (Å²) in [5, 5.41) is 0. The van der Waals surface area contributed by atoms with Crippen molar-refractivity contribution in [2.24, 2.45) is 5.92 Å². The lowest BCUT2D eigenvalue weighted by atomic mass is 9.99. The molecule has 3 fully saturated rings. The fourth-order valence-corrected chi connectivity index (χ4v) is 3.11. The smallest absolute Gasteiger partial charge is 0.417 e. The second kappa shape index (κ2) is 5.98. The normalized spacial score (nSPS) is 20.6. The Morgan fingerprint density at radius 1 is 1.24 bits per heavy atom. The van der Waals surface area contributed by atoms with Crippen molar-refractivity contribution >= 4 is 17.9 Å². The number of aromatic nitrogens is 2. The van der Waals surface area contributed by atoms with Crippen LogP contribution in [0.2, 0.25) is 0 Å². The molecule has 9 heteroatoms. The average Bonchev–Trinajstić information content (AvgIpc) is 3.33. The molecule has 0 bridgehead atoms. The van der Waals surface area contributed by atoms with E-state index in [0.717, 1.165) is 23.4 Å². The number of imide groups is 1. The molecule has 2 saturated heterocycles. The van der Waals surface area contributed by atoms with Crippen LogP contribution in [-0.2, 0) is 20.9 Å². The van der Waals surface area contributed by atoms with Crippen LogP contribution >= 0.6 is 0 Å². The van der Waals surface area contributed by atoms with E-state index in [0.29, 0.717) is 19.0 Å². The molecule has 0 atom stereocenters. The van der Waals surface area contributed by atoms with Crippen LogP contribution in [0.4, 0.5) is 4.79 Å². The molecule has 4 rings (SSSR count).